The van der Waals surface area contributed by atoms with Crippen molar-refractivity contribution in [2.24, 2.45) is 0 Å². The van der Waals surface area contributed by atoms with Crippen LogP contribution >= 0.6 is 0 Å². The molecule has 0 fully saturated rings. The zero-order valence-electron chi connectivity index (χ0n) is 16.0. The summed E-state index contributed by atoms with van der Waals surface area (Å²) in [5, 5.41) is 0. The van der Waals surface area contributed by atoms with E-state index in [1.165, 1.54) is 0 Å². The van der Waals surface area contributed by atoms with Crippen LogP contribution in [0.1, 0.15) is 32.6 Å². The molecule has 0 aliphatic carbocycles. The Labute approximate surface area is 168 Å². The predicted octanol–water partition coefficient (Wildman–Crippen LogP) is 3.75. The van der Waals surface area contributed by atoms with Crippen molar-refractivity contribution in [2.75, 3.05) is 6.73 Å². The molecule has 0 unspecified atom stereocenters. The van der Waals surface area contributed by atoms with E-state index >= 15 is 0 Å². The number of rotatable bonds is 3. The Morgan fingerprint density at radius 2 is 2.00 bits per heavy atom. The summed E-state index contributed by atoms with van der Waals surface area (Å²) in [4.78, 5) is 23.4. The van der Waals surface area contributed by atoms with Crippen molar-refractivity contribution in [2.45, 2.75) is 20.0 Å². The Balaban J connectivity index is 1.48. The fraction of sp³-hybridized carbons (Fsp3) is 0.174. The number of ether oxygens (including phenoxy) is 2. The normalized spacial score (nSPS) is 16.9. The fourth-order valence-electron chi connectivity index (χ4n) is 3.74. The summed E-state index contributed by atoms with van der Waals surface area (Å²) in [6, 6.07) is 9.62. The highest BCUT2D eigenvalue weighted by Gasteiger charge is 2.35. The Morgan fingerprint density at radius 1 is 1.17 bits per heavy atom. The molecular weight excluding hydrogens is 366 g/mol. The van der Waals surface area contributed by atoms with Gasteiger partial charge in [0.1, 0.15) is 18.2 Å². The van der Waals surface area contributed by atoms with Gasteiger partial charge in [0.25, 0.3) is 0 Å². The van der Waals surface area contributed by atoms with Crippen LogP contribution in [-0.2, 0) is 13.1 Å². The summed E-state index contributed by atoms with van der Waals surface area (Å²) < 4.78 is 12.1. The van der Waals surface area contributed by atoms with Crippen molar-refractivity contribution >= 4 is 11.9 Å². The van der Waals surface area contributed by atoms with Gasteiger partial charge in [0.05, 0.1) is 11.1 Å². The van der Waals surface area contributed by atoms with Crippen LogP contribution in [0.2, 0.25) is 0 Å². The van der Waals surface area contributed by atoms with Gasteiger partial charge in [-0.15, -0.1) is 0 Å². The number of nitrogens with zero attached hydrogens (tertiary/aromatic N) is 3. The molecule has 29 heavy (non-hydrogen) atoms. The summed E-state index contributed by atoms with van der Waals surface area (Å²) in [6.45, 7) is 3.74. The minimum Gasteiger partial charge on any atom is -0.478 e. The summed E-state index contributed by atoms with van der Waals surface area (Å²) in [5.41, 5.74) is 4.32. The molecule has 2 aromatic heterocycles. The Hall–Kier alpha value is -3.51. The van der Waals surface area contributed by atoms with E-state index in [1.54, 1.807) is 24.7 Å². The van der Waals surface area contributed by atoms with Gasteiger partial charge < -0.3 is 9.47 Å². The predicted molar refractivity (Wildman–Crippen MR) is 107 cm³/mol. The van der Waals surface area contributed by atoms with E-state index < -0.39 is 0 Å². The minimum atomic E-state index is -0.103. The molecule has 6 heteroatoms. The van der Waals surface area contributed by atoms with Crippen molar-refractivity contribution < 1.29 is 14.3 Å². The van der Waals surface area contributed by atoms with Crippen molar-refractivity contribution in [1.82, 2.24) is 14.9 Å². The third kappa shape index (κ3) is 3.28. The maximum Gasteiger partial charge on any atom is 0.232 e. The number of Topliss-reactive ketones (excluding diaryl/α,β-unsaturated/α-hetero) is 1. The maximum atomic E-state index is 13.0. The van der Waals surface area contributed by atoms with E-state index in [4.69, 9.17) is 9.47 Å². The molecule has 0 bridgehead atoms. The van der Waals surface area contributed by atoms with Crippen molar-refractivity contribution in [3.63, 3.8) is 0 Å². The first-order valence-corrected chi connectivity index (χ1v) is 9.44. The average Bonchev–Trinajstić information content (AvgIpc) is 3.07. The maximum absolute atomic E-state index is 13.0. The van der Waals surface area contributed by atoms with Crippen LogP contribution in [0.15, 0.2) is 60.9 Å². The van der Waals surface area contributed by atoms with Crippen molar-refractivity contribution in [3.05, 3.63) is 88.7 Å². The third-order valence-corrected chi connectivity index (χ3v) is 5.10. The highest BCUT2D eigenvalue weighted by molar-refractivity contribution is 6.15. The first-order chi connectivity index (χ1) is 14.2. The Bertz CT molecular complexity index is 1110. The van der Waals surface area contributed by atoms with E-state index in [2.05, 4.69) is 14.9 Å². The quantitative estimate of drug-likeness (QED) is 0.640. The zero-order valence-corrected chi connectivity index (χ0v) is 16.0. The lowest BCUT2D eigenvalue weighted by atomic mass is 9.98. The molecule has 0 saturated carbocycles. The molecule has 2 aliphatic heterocycles. The van der Waals surface area contributed by atoms with Crippen LogP contribution in [0, 0.1) is 6.92 Å². The molecule has 0 saturated heterocycles. The van der Waals surface area contributed by atoms with Gasteiger partial charge in [0, 0.05) is 37.9 Å². The second-order valence-corrected chi connectivity index (χ2v) is 7.22. The molecule has 6 nitrogen and oxygen atoms in total. The van der Waals surface area contributed by atoms with Gasteiger partial charge >= 0.3 is 0 Å². The van der Waals surface area contributed by atoms with E-state index in [0.717, 1.165) is 28.0 Å². The molecule has 0 radical (unpaired) electrons. The molecule has 1 aromatic carbocycles. The smallest absolute Gasteiger partial charge is 0.232 e. The number of hydrogen-bond donors (Lipinski definition) is 0. The van der Waals surface area contributed by atoms with Gasteiger partial charge in [0.15, 0.2) is 5.76 Å². The van der Waals surface area contributed by atoms with Crippen LogP contribution in [0.4, 0.5) is 0 Å². The number of aromatic nitrogens is 2. The fourth-order valence-corrected chi connectivity index (χ4v) is 3.74. The van der Waals surface area contributed by atoms with Crippen LogP contribution in [0.3, 0.4) is 0 Å². The first kappa shape index (κ1) is 17.6. The lowest BCUT2D eigenvalue weighted by Gasteiger charge is -2.30. The number of aryl methyl sites for hydroxylation is 1. The lowest BCUT2D eigenvalue weighted by molar-refractivity contribution is 0.0871. The molecule has 0 N–H and O–H groups in total. The van der Waals surface area contributed by atoms with Gasteiger partial charge in [-0.2, -0.15) is 0 Å². The summed E-state index contributed by atoms with van der Waals surface area (Å²) in [7, 11) is 0. The summed E-state index contributed by atoms with van der Waals surface area (Å²) >= 11 is 0. The van der Waals surface area contributed by atoms with Crippen LogP contribution in [0.5, 0.6) is 11.5 Å². The van der Waals surface area contributed by atoms with E-state index in [9.17, 15) is 4.79 Å². The molecule has 0 spiro atoms. The second kappa shape index (κ2) is 7.14. The van der Waals surface area contributed by atoms with Crippen LogP contribution < -0.4 is 9.47 Å². The number of fused-ring (bicyclic) bond motifs is 3. The third-order valence-electron chi connectivity index (χ3n) is 5.10. The van der Waals surface area contributed by atoms with Crippen molar-refractivity contribution in [3.8, 4) is 11.5 Å². The molecule has 4 heterocycles. The summed E-state index contributed by atoms with van der Waals surface area (Å²) in [5.74, 6) is 1.59. The number of carbonyl (C=O) groups is 1. The SMILES string of the molecule is Cc1cc2c(c3c1C(=O)/C(=C/c1cccnc1)O3)CN(Cc1cccnc1)CO2. The van der Waals surface area contributed by atoms with Gasteiger partial charge in [-0.05, 0) is 47.9 Å². The molecule has 144 valence electrons. The van der Waals surface area contributed by atoms with E-state index in [0.29, 0.717) is 36.9 Å². The number of pyridine rings is 2. The number of ketones is 1. The van der Waals surface area contributed by atoms with Crippen molar-refractivity contribution in [1.29, 1.82) is 0 Å². The van der Waals surface area contributed by atoms with Gasteiger partial charge in [-0.3, -0.25) is 19.7 Å². The van der Waals surface area contributed by atoms with Gasteiger partial charge in [0.2, 0.25) is 5.78 Å². The zero-order chi connectivity index (χ0) is 19.8. The minimum absolute atomic E-state index is 0.103. The first-order valence-electron chi connectivity index (χ1n) is 9.44. The lowest BCUT2D eigenvalue weighted by Crippen LogP contribution is -2.31. The average molecular weight is 385 g/mol. The molecular formula is C23H19N3O3. The Kier molecular flexibility index (Phi) is 4.33. The number of benzene rings is 1. The molecule has 0 amide bonds. The van der Waals surface area contributed by atoms with E-state index in [-0.39, 0.29) is 5.78 Å². The second-order valence-electron chi connectivity index (χ2n) is 7.22. The molecule has 5 rings (SSSR count). The molecule has 0 atom stereocenters. The van der Waals surface area contributed by atoms with Crippen LogP contribution in [0.25, 0.3) is 6.08 Å². The van der Waals surface area contributed by atoms with Crippen LogP contribution in [-0.4, -0.2) is 27.4 Å². The highest BCUT2D eigenvalue weighted by atomic mass is 16.5. The topological polar surface area (TPSA) is 64.5 Å². The van der Waals surface area contributed by atoms with Gasteiger partial charge in [-0.1, -0.05) is 12.1 Å². The standard InChI is InChI=1S/C23H19N3O3/c1-15-8-19-18(13-26(14-28-19)12-17-5-3-7-25-11-17)23-21(15)22(27)20(29-23)9-16-4-2-6-24-10-16/h2-11H,12-14H2,1H3/b20-9-. The largest absolute Gasteiger partial charge is 0.478 e. The number of allylic oxidation sites excluding steroid dienone is 1. The molecule has 3 aromatic rings. The number of hydrogen-bond acceptors (Lipinski definition) is 6. The van der Waals surface area contributed by atoms with E-state index in [1.807, 2.05) is 43.5 Å². The molecule has 2 aliphatic rings. The highest BCUT2D eigenvalue weighted by Crippen LogP contribution is 2.44. The number of carbonyl (C=O) groups excluding carboxylic acids is 1. The Morgan fingerprint density at radius 3 is 2.76 bits per heavy atom. The van der Waals surface area contributed by atoms with Gasteiger partial charge in [-0.25, -0.2) is 0 Å². The monoisotopic (exact) mass is 385 g/mol. The summed E-state index contributed by atoms with van der Waals surface area (Å²) in [6.07, 6.45) is 8.75.